The van der Waals surface area contributed by atoms with Gasteiger partial charge in [0.1, 0.15) is 0 Å². The summed E-state index contributed by atoms with van der Waals surface area (Å²) < 4.78 is 0. The predicted molar refractivity (Wildman–Crippen MR) is 62.5 cm³/mol. The van der Waals surface area contributed by atoms with Gasteiger partial charge in [0.2, 0.25) is 0 Å². The lowest BCUT2D eigenvalue weighted by atomic mass is 9.99. The molecule has 1 aromatic rings. The van der Waals surface area contributed by atoms with E-state index in [-0.39, 0.29) is 5.92 Å². The Balaban J connectivity index is 3.00. The van der Waals surface area contributed by atoms with Gasteiger partial charge in [0.25, 0.3) is 0 Å². The molecule has 0 aliphatic heterocycles. The van der Waals surface area contributed by atoms with E-state index in [1.165, 1.54) is 0 Å². The maximum absolute atomic E-state index is 10.7. The van der Waals surface area contributed by atoms with Crippen LogP contribution in [0.5, 0.6) is 0 Å². The number of pyridine rings is 1. The van der Waals surface area contributed by atoms with Crippen LogP contribution in [-0.4, -0.2) is 16.2 Å². The number of nitrogens with zero attached hydrogens (tertiary/aromatic N) is 1. The van der Waals surface area contributed by atoms with Gasteiger partial charge in [-0.2, -0.15) is 0 Å². The molecule has 0 aromatic carbocycles. The Bertz CT molecular complexity index is 395. The molecular weight excluding hydrogens is 228 g/mol. The van der Waals surface area contributed by atoms with Gasteiger partial charge >= 0.3 is 6.09 Å². The molecule has 1 heterocycles. The molecule has 0 spiro atoms. The third-order valence-electron chi connectivity index (χ3n) is 2.24. The summed E-state index contributed by atoms with van der Waals surface area (Å²) in [5.74, 6) is -0.0675. The summed E-state index contributed by atoms with van der Waals surface area (Å²) in [4.78, 5) is 14.8. The van der Waals surface area contributed by atoms with Crippen molar-refractivity contribution < 1.29 is 9.90 Å². The number of nitrogens with one attached hydrogen (secondary N) is 1. The van der Waals surface area contributed by atoms with Crippen LogP contribution in [0.3, 0.4) is 0 Å². The normalized spacial score (nSPS) is 13.9. The zero-order valence-electron chi connectivity index (χ0n) is 8.85. The van der Waals surface area contributed by atoms with Crippen molar-refractivity contribution in [1.29, 1.82) is 0 Å². The number of carbonyl (C=O) groups is 1. The summed E-state index contributed by atoms with van der Waals surface area (Å²) in [6.07, 6.45) is 2.12. The first-order chi connectivity index (χ1) is 7.54. The fourth-order valence-electron chi connectivity index (χ4n) is 1.34. The highest BCUT2D eigenvalue weighted by Crippen LogP contribution is 2.22. The van der Waals surface area contributed by atoms with Crippen LogP contribution >= 0.6 is 11.6 Å². The molecule has 1 aromatic heterocycles. The van der Waals surface area contributed by atoms with Gasteiger partial charge in [-0.1, -0.05) is 24.6 Å². The van der Waals surface area contributed by atoms with Crippen molar-refractivity contribution in [2.24, 2.45) is 5.92 Å². The highest BCUT2D eigenvalue weighted by Gasteiger charge is 2.20. The molecule has 0 aliphatic carbocycles. The van der Waals surface area contributed by atoms with E-state index >= 15 is 0 Å². The molecule has 0 fully saturated rings. The Morgan fingerprint density at radius 3 is 2.94 bits per heavy atom. The van der Waals surface area contributed by atoms with Crippen LogP contribution < -0.4 is 5.32 Å². The van der Waals surface area contributed by atoms with Gasteiger partial charge in [0.15, 0.2) is 0 Å². The second-order valence-corrected chi connectivity index (χ2v) is 3.86. The average Bonchev–Trinajstić information content (AvgIpc) is 2.24. The molecule has 86 valence electrons. The van der Waals surface area contributed by atoms with Crippen molar-refractivity contribution >= 4 is 17.7 Å². The summed E-state index contributed by atoms with van der Waals surface area (Å²) >= 11 is 5.83. The van der Waals surface area contributed by atoms with E-state index < -0.39 is 12.1 Å². The van der Waals surface area contributed by atoms with Gasteiger partial charge in [-0.3, -0.25) is 4.98 Å². The first-order valence-corrected chi connectivity index (χ1v) is 5.16. The van der Waals surface area contributed by atoms with E-state index in [1.807, 2.05) is 6.92 Å². The van der Waals surface area contributed by atoms with Gasteiger partial charge in [-0.15, -0.1) is 6.58 Å². The number of amides is 1. The van der Waals surface area contributed by atoms with E-state index in [9.17, 15) is 4.79 Å². The molecule has 0 aliphatic rings. The van der Waals surface area contributed by atoms with Crippen molar-refractivity contribution in [2.45, 2.75) is 13.0 Å². The topological polar surface area (TPSA) is 62.2 Å². The van der Waals surface area contributed by atoms with Crippen LogP contribution in [0, 0.1) is 5.92 Å². The predicted octanol–water partition coefficient (Wildman–Crippen LogP) is 2.87. The fraction of sp³-hybridized carbons (Fsp3) is 0.273. The van der Waals surface area contributed by atoms with Gasteiger partial charge in [0, 0.05) is 11.2 Å². The highest BCUT2D eigenvalue weighted by molar-refractivity contribution is 6.30. The second-order valence-electron chi connectivity index (χ2n) is 3.42. The number of rotatable bonds is 4. The Morgan fingerprint density at radius 2 is 2.44 bits per heavy atom. The molecule has 0 saturated carbocycles. The SMILES string of the molecule is C=C[C@@H](C)[C@H](NC(=O)O)c1cc(Cl)ccn1. The van der Waals surface area contributed by atoms with Crippen LogP contribution in [0.1, 0.15) is 18.7 Å². The minimum Gasteiger partial charge on any atom is -0.465 e. The monoisotopic (exact) mass is 240 g/mol. The lowest BCUT2D eigenvalue weighted by Crippen LogP contribution is -2.31. The van der Waals surface area contributed by atoms with Gasteiger partial charge < -0.3 is 10.4 Å². The van der Waals surface area contributed by atoms with Crippen molar-refractivity contribution in [1.82, 2.24) is 10.3 Å². The molecule has 0 radical (unpaired) electrons. The van der Waals surface area contributed by atoms with Crippen molar-refractivity contribution in [3.63, 3.8) is 0 Å². The number of aromatic nitrogens is 1. The van der Waals surface area contributed by atoms with Crippen LogP contribution in [-0.2, 0) is 0 Å². The summed E-state index contributed by atoms with van der Waals surface area (Å²) in [5.41, 5.74) is 0.585. The lowest BCUT2D eigenvalue weighted by molar-refractivity contribution is 0.187. The van der Waals surface area contributed by atoms with E-state index in [0.717, 1.165) is 0 Å². The fourth-order valence-corrected chi connectivity index (χ4v) is 1.50. The molecule has 0 unspecified atom stereocenters. The largest absolute Gasteiger partial charge is 0.465 e. The standard InChI is InChI=1S/C11H13ClN2O2/c1-3-7(2)10(14-11(15)16)9-6-8(12)4-5-13-9/h3-7,10,14H,1H2,2H3,(H,15,16)/t7-,10+/m1/s1. The summed E-state index contributed by atoms with van der Waals surface area (Å²) in [6.45, 7) is 5.50. The third kappa shape index (κ3) is 3.24. The first kappa shape index (κ1) is 12.5. The highest BCUT2D eigenvalue weighted by atomic mass is 35.5. The Kier molecular flexibility index (Phi) is 4.31. The Labute approximate surface area is 99.0 Å². The number of halogens is 1. The summed E-state index contributed by atoms with van der Waals surface area (Å²) in [6, 6.07) is 2.84. The number of carboxylic acid groups (broad SMARTS) is 1. The molecule has 2 atom stereocenters. The minimum absolute atomic E-state index is 0.0675. The molecule has 0 saturated heterocycles. The third-order valence-corrected chi connectivity index (χ3v) is 2.47. The van der Waals surface area contributed by atoms with Gasteiger partial charge in [0.05, 0.1) is 11.7 Å². The molecule has 2 N–H and O–H groups in total. The van der Waals surface area contributed by atoms with E-state index in [2.05, 4.69) is 16.9 Å². The Hall–Kier alpha value is -1.55. The number of hydrogen-bond acceptors (Lipinski definition) is 2. The maximum atomic E-state index is 10.7. The van der Waals surface area contributed by atoms with Crippen molar-refractivity contribution in [3.8, 4) is 0 Å². The van der Waals surface area contributed by atoms with Crippen molar-refractivity contribution in [2.75, 3.05) is 0 Å². The number of hydrogen-bond donors (Lipinski definition) is 2. The first-order valence-electron chi connectivity index (χ1n) is 4.78. The van der Waals surface area contributed by atoms with Gasteiger partial charge in [-0.25, -0.2) is 4.79 Å². The zero-order chi connectivity index (χ0) is 12.1. The summed E-state index contributed by atoms with van der Waals surface area (Å²) in [5, 5.41) is 11.7. The molecule has 16 heavy (non-hydrogen) atoms. The molecule has 4 nitrogen and oxygen atoms in total. The summed E-state index contributed by atoms with van der Waals surface area (Å²) in [7, 11) is 0. The van der Waals surface area contributed by atoms with Crippen LogP contribution in [0.15, 0.2) is 31.0 Å². The molecule has 0 bridgehead atoms. The van der Waals surface area contributed by atoms with E-state index in [0.29, 0.717) is 10.7 Å². The zero-order valence-corrected chi connectivity index (χ0v) is 9.61. The van der Waals surface area contributed by atoms with Gasteiger partial charge in [-0.05, 0) is 18.1 Å². The molecule has 5 heteroatoms. The van der Waals surface area contributed by atoms with Crippen LogP contribution in [0.25, 0.3) is 0 Å². The molecule has 1 rings (SSSR count). The second kappa shape index (κ2) is 5.51. The quantitative estimate of drug-likeness (QED) is 0.796. The van der Waals surface area contributed by atoms with Crippen molar-refractivity contribution in [3.05, 3.63) is 41.7 Å². The smallest absolute Gasteiger partial charge is 0.405 e. The maximum Gasteiger partial charge on any atom is 0.405 e. The molecular formula is C11H13ClN2O2. The van der Waals surface area contributed by atoms with Crippen LogP contribution in [0.4, 0.5) is 4.79 Å². The Morgan fingerprint density at radius 1 is 1.75 bits per heavy atom. The van der Waals surface area contributed by atoms with E-state index in [4.69, 9.17) is 16.7 Å². The molecule has 1 amide bonds. The average molecular weight is 241 g/mol. The van der Waals surface area contributed by atoms with E-state index in [1.54, 1.807) is 24.4 Å². The lowest BCUT2D eigenvalue weighted by Gasteiger charge is -2.20. The minimum atomic E-state index is -1.10. The van der Waals surface area contributed by atoms with Crippen LogP contribution in [0.2, 0.25) is 5.02 Å².